The van der Waals surface area contributed by atoms with Crippen LogP contribution in [0, 0.1) is 0 Å². The summed E-state index contributed by atoms with van der Waals surface area (Å²) in [6.07, 6.45) is 0.494. The minimum atomic E-state index is -0.621. The lowest BCUT2D eigenvalue weighted by molar-refractivity contribution is -0.121. The van der Waals surface area contributed by atoms with Gasteiger partial charge in [0.2, 0.25) is 5.91 Å². The van der Waals surface area contributed by atoms with E-state index in [-0.39, 0.29) is 25.7 Å². The number of nitrogens with one attached hydrogen (secondary N) is 3. The van der Waals surface area contributed by atoms with Gasteiger partial charge in [-0.15, -0.1) is 0 Å². The van der Waals surface area contributed by atoms with Gasteiger partial charge in [-0.05, 0) is 19.3 Å². The molecule has 26 heavy (non-hydrogen) atoms. The highest BCUT2D eigenvalue weighted by Crippen LogP contribution is 2.00. The second-order valence-corrected chi connectivity index (χ2v) is 5.22. The number of amides is 3. The van der Waals surface area contributed by atoms with E-state index in [4.69, 9.17) is 20.1 Å². The Morgan fingerprint density at radius 3 is 2.08 bits per heavy atom. The first-order valence-electron chi connectivity index (χ1n) is 8.42. The normalized spacial score (nSPS) is 10.3. The fourth-order valence-corrected chi connectivity index (χ4v) is 1.74. The highest BCUT2D eigenvalue weighted by atomic mass is 16.6. The zero-order valence-corrected chi connectivity index (χ0v) is 15.4. The summed E-state index contributed by atoms with van der Waals surface area (Å²) in [5.41, 5.74) is 0. The summed E-state index contributed by atoms with van der Waals surface area (Å²) < 4.78 is 15.3. The number of hydrogen-bond acceptors (Lipinski definition) is 8. The molecule has 0 radical (unpaired) electrons. The Bertz CT molecular complexity index is 389. The highest BCUT2D eigenvalue weighted by molar-refractivity contribution is 5.75. The van der Waals surface area contributed by atoms with Gasteiger partial charge >= 0.3 is 12.2 Å². The van der Waals surface area contributed by atoms with Gasteiger partial charge in [0.25, 0.3) is 0 Å². The molecule has 0 atom stereocenters. The first-order valence-corrected chi connectivity index (χ1v) is 8.42. The van der Waals surface area contributed by atoms with Crippen LogP contribution in [0.4, 0.5) is 9.59 Å². The van der Waals surface area contributed by atoms with Crippen molar-refractivity contribution in [2.75, 3.05) is 47.1 Å². The second kappa shape index (κ2) is 16.4. The number of rotatable bonds is 14. The van der Waals surface area contributed by atoms with Crippen LogP contribution in [0.2, 0.25) is 0 Å². The van der Waals surface area contributed by atoms with Crippen LogP contribution in [0.3, 0.4) is 0 Å². The molecule has 0 saturated carbocycles. The van der Waals surface area contributed by atoms with Crippen LogP contribution < -0.4 is 21.8 Å². The monoisotopic (exact) mass is 378 g/mol. The zero-order valence-electron chi connectivity index (χ0n) is 15.4. The molecule has 0 heterocycles. The van der Waals surface area contributed by atoms with Crippen molar-refractivity contribution < 1.29 is 33.4 Å². The van der Waals surface area contributed by atoms with Crippen LogP contribution >= 0.6 is 0 Å². The standard InChI is InChI=1S/C15H30N4O7/c1-17-14(21)24-10-12(11-25-15(22)18-2)23-8-5-6-13(20)19-7-3-4-9-26-16/h12H,3-11,16H2,1-2H3,(H,17,21)(H,18,22)(H,19,20). The molecule has 0 aromatic heterocycles. The largest absolute Gasteiger partial charge is 0.447 e. The van der Waals surface area contributed by atoms with E-state index < -0.39 is 18.3 Å². The van der Waals surface area contributed by atoms with Crippen LogP contribution in [0.5, 0.6) is 0 Å². The summed E-state index contributed by atoms with van der Waals surface area (Å²) in [6.45, 7) is 1.12. The summed E-state index contributed by atoms with van der Waals surface area (Å²) in [6, 6.07) is 0. The molecule has 0 aliphatic rings. The van der Waals surface area contributed by atoms with Gasteiger partial charge in [0.1, 0.15) is 19.3 Å². The molecular weight excluding hydrogens is 348 g/mol. The van der Waals surface area contributed by atoms with E-state index in [2.05, 4.69) is 20.8 Å². The number of unbranched alkanes of at least 4 members (excludes halogenated alkanes) is 1. The third-order valence-corrected chi connectivity index (χ3v) is 3.12. The van der Waals surface area contributed by atoms with Crippen LogP contribution in [0.15, 0.2) is 0 Å². The molecule has 152 valence electrons. The first kappa shape index (κ1) is 23.9. The van der Waals surface area contributed by atoms with Gasteiger partial charge in [-0.2, -0.15) is 0 Å². The summed E-state index contributed by atoms with van der Waals surface area (Å²) in [7, 11) is 2.86. The molecule has 0 aromatic carbocycles. The average Bonchev–Trinajstić information content (AvgIpc) is 2.65. The molecule has 0 unspecified atom stereocenters. The number of carbonyl (C=O) groups is 3. The predicted molar refractivity (Wildman–Crippen MR) is 92.2 cm³/mol. The molecular formula is C15H30N4O7. The Labute approximate surface area is 153 Å². The first-order chi connectivity index (χ1) is 12.5. The second-order valence-electron chi connectivity index (χ2n) is 5.22. The fourth-order valence-electron chi connectivity index (χ4n) is 1.74. The number of ether oxygens (including phenoxy) is 3. The lowest BCUT2D eigenvalue weighted by Crippen LogP contribution is -2.33. The average molecular weight is 378 g/mol. The zero-order chi connectivity index (χ0) is 19.6. The van der Waals surface area contributed by atoms with E-state index in [9.17, 15) is 14.4 Å². The minimum absolute atomic E-state index is 0.0773. The molecule has 0 saturated heterocycles. The lowest BCUT2D eigenvalue weighted by atomic mass is 10.3. The van der Waals surface area contributed by atoms with E-state index in [1.165, 1.54) is 14.1 Å². The van der Waals surface area contributed by atoms with Gasteiger partial charge in [-0.3, -0.25) is 4.79 Å². The molecule has 3 amide bonds. The Morgan fingerprint density at radius 1 is 0.923 bits per heavy atom. The number of carbonyl (C=O) groups excluding carboxylic acids is 3. The fraction of sp³-hybridized carbons (Fsp3) is 0.800. The van der Waals surface area contributed by atoms with Crippen molar-refractivity contribution in [2.45, 2.75) is 31.8 Å². The Hall–Kier alpha value is -2.11. The van der Waals surface area contributed by atoms with Crippen molar-refractivity contribution in [1.29, 1.82) is 0 Å². The molecule has 0 aliphatic carbocycles. The number of hydrogen-bond donors (Lipinski definition) is 4. The molecule has 11 heteroatoms. The molecule has 0 spiro atoms. The third kappa shape index (κ3) is 14.3. The molecule has 0 bridgehead atoms. The van der Waals surface area contributed by atoms with Gasteiger partial charge in [0.05, 0.1) is 6.61 Å². The van der Waals surface area contributed by atoms with Crippen molar-refractivity contribution >= 4 is 18.1 Å². The Balaban J connectivity index is 3.96. The van der Waals surface area contributed by atoms with Gasteiger partial charge in [-0.25, -0.2) is 15.5 Å². The SMILES string of the molecule is CNC(=O)OCC(COC(=O)NC)OCCCC(=O)NCCCCON. The summed E-state index contributed by atoms with van der Waals surface area (Å²) in [5, 5.41) is 7.39. The number of nitrogens with two attached hydrogens (primary N) is 1. The molecule has 11 nitrogen and oxygen atoms in total. The Kier molecular flexibility index (Phi) is 15.0. The molecule has 0 fully saturated rings. The minimum Gasteiger partial charge on any atom is -0.447 e. The molecule has 0 rings (SSSR count). The molecule has 5 N–H and O–H groups in total. The lowest BCUT2D eigenvalue weighted by Gasteiger charge is -2.17. The molecule has 0 aliphatic heterocycles. The maximum Gasteiger partial charge on any atom is 0.406 e. The van der Waals surface area contributed by atoms with Crippen LogP contribution in [-0.4, -0.2) is 71.3 Å². The topological polar surface area (TPSA) is 150 Å². The van der Waals surface area contributed by atoms with E-state index >= 15 is 0 Å². The molecule has 0 aromatic rings. The van der Waals surface area contributed by atoms with E-state index in [1.807, 2.05) is 0 Å². The van der Waals surface area contributed by atoms with Gasteiger partial charge in [0.15, 0.2) is 0 Å². The quantitative estimate of drug-likeness (QED) is 0.237. The van der Waals surface area contributed by atoms with Crippen LogP contribution in [-0.2, 0) is 23.8 Å². The smallest absolute Gasteiger partial charge is 0.406 e. The van der Waals surface area contributed by atoms with Gasteiger partial charge in [-0.1, -0.05) is 0 Å². The predicted octanol–water partition coefficient (Wildman–Crippen LogP) is -0.349. The van der Waals surface area contributed by atoms with E-state index in [0.717, 1.165) is 12.8 Å². The van der Waals surface area contributed by atoms with Gasteiger partial charge < -0.3 is 35.0 Å². The van der Waals surface area contributed by atoms with Crippen molar-refractivity contribution in [3.05, 3.63) is 0 Å². The maximum atomic E-state index is 11.7. The highest BCUT2D eigenvalue weighted by Gasteiger charge is 2.15. The van der Waals surface area contributed by atoms with E-state index in [1.54, 1.807) is 0 Å². The van der Waals surface area contributed by atoms with Crippen molar-refractivity contribution in [2.24, 2.45) is 5.90 Å². The van der Waals surface area contributed by atoms with Crippen molar-refractivity contribution in [1.82, 2.24) is 16.0 Å². The van der Waals surface area contributed by atoms with Crippen molar-refractivity contribution in [3.8, 4) is 0 Å². The van der Waals surface area contributed by atoms with Crippen molar-refractivity contribution in [3.63, 3.8) is 0 Å². The van der Waals surface area contributed by atoms with E-state index in [0.29, 0.717) is 26.0 Å². The van der Waals surface area contributed by atoms with Gasteiger partial charge in [0, 0.05) is 33.7 Å². The summed E-state index contributed by atoms with van der Waals surface area (Å²) >= 11 is 0. The summed E-state index contributed by atoms with van der Waals surface area (Å²) in [5.74, 6) is 4.82. The number of alkyl carbamates (subject to hydrolysis) is 2. The third-order valence-electron chi connectivity index (χ3n) is 3.12. The van der Waals surface area contributed by atoms with Crippen LogP contribution in [0.25, 0.3) is 0 Å². The summed E-state index contributed by atoms with van der Waals surface area (Å²) in [4.78, 5) is 38.3. The van der Waals surface area contributed by atoms with Crippen LogP contribution in [0.1, 0.15) is 25.7 Å². The Morgan fingerprint density at radius 2 is 1.54 bits per heavy atom. The maximum absolute atomic E-state index is 11.7.